The summed E-state index contributed by atoms with van der Waals surface area (Å²) in [7, 11) is 0. The third-order valence-corrected chi connectivity index (χ3v) is 5.14. The summed E-state index contributed by atoms with van der Waals surface area (Å²) in [4.78, 5) is 14.9. The lowest BCUT2D eigenvalue weighted by Gasteiger charge is -2.32. The highest BCUT2D eigenvalue weighted by atomic mass is 79.9. The van der Waals surface area contributed by atoms with Gasteiger partial charge in [0.25, 0.3) is 0 Å². The maximum absolute atomic E-state index is 12.7. The minimum absolute atomic E-state index is 0.0935. The highest BCUT2D eigenvalue weighted by Crippen LogP contribution is 2.36. The number of benzene rings is 1. The first-order valence-electron chi connectivity index (χ1n) is 6.80. The molecule has 0 aliphatic carbocycles. The lowest BCUT2D eigenvalue weighted by atomic mass is 9.95. The number of nitrogens with zero attached hydrogens (tertiary/aromatic N) is 1. The molecule has 2 aliphatic heterocycles. The zero-order valence-electron chi connectivity index (χ0n) is 11.3. The predicted octanol–water partition coefficient (Wildman–Crippen LogP) is 3.11. The molecule has 2 aliphatic rings. The molecular weight excluding hydrogens is 306 g/mol. The average molecular weight is 324 g/mol. The normalized spacial score (nSPS) is 23.3. The number of ether oxygens (including phenoxy) is 1. The van der Waals surface area contributed by atoms with E-state index in [1.54, 1.807) is 0 Å². The van der Waals surface area contributed by atoms with E-state index in [4.69, 9.17) is 4.74 Å². The van der Waals surface area contributed by atoms with E-state index >= 15 is 0 Å². The fraction of sp³-hybridized carbons (Fsp3) is 0.533. The number of carbonyl (C=O) groups is 1. The van der Waals surface area contributed by atoms with Crippen molar-refractivity contribution in [2.75, 3.05) is 19.7 Å². The van der Waals surface area contributed by atoms with Crippen LogP contribution in [0.25, 0.3) is 0 Å². The van der Waals surface area contributed by atoms with Crippen molar-refractivity contribution in [2.45, 2.75) is 32.7 Å². The zero-order valence-corrected chi connectivity index (χ0v) is 12.9. The fourth-order valence-electron chi connectivity index (χ4n) is 2.96. The maximum atomic E-state index is 12.7. The van der Waals surface area contributed by atoms with E-state index < -0.39 is 0 Å². The van der Waals surface area contributed by atoms with Gasteiger partial charge < -0.3 is 4.74 Å². The number of likely N-dealkylation sites (tertiary alicyclic amines) is 1. The Balaban J connectivity index is 1.99. The van der Waals surface area contributed by atoms with Gasteiger partial charge in [-0.05, 0) is 57.0 Å². The van der Waals surface area contributed by atoms with Crippen molar-refractivity contribution >= 4 is 21.7 Å². The van der Waals surface area contributed by atoms with Gasteiger partial charge in [0.1, 0.15) is 18.4 Å². The lowest BCUT2D eigenvalue weighted by Crippen LogP contribution is -2.46. The van der Waals surface area contributed by atoms with Crippen molar-refractivity contribution in [3.05, 3.63) is 27.2 Å². The van der Waals surface area contributed by atoms with Crippen LogP contribution in [0.3, 0.4) is 0 Å². The quantitative estimate of drug-likeness (QED) is 0.795. The van der Waals surface area contributed by atoms with Crippen molar-refractivity contribution in [3.63, 3.8) is 0 Å². The van der Waals surface area contributed by atoms with Crippen LogP contribution < -0.4 is 4.74 Å². The van der Waals surface area contributed by atoms with E-state index in [-0.39, 0.29) is 11.8 Å². The summed E-state index contributed by atoms with van der Waals surface area (Å²) in [6.07, 6.45) is 2.38. The third-order valence-electron chi connectivity index (χ3n) is 4.31. The minimum Gasteiger partial charge on any atom is -0.490 e. The number of fused-ring (bicyclic) bond motifs is 1. The molecule has 0 saturated carbocycles. The second kappa shape index (κ2) is 4.91. The number of ketones is 1. The Morgan fingerprint density at radius 2 is 1.95 bits per heavy atom. The summed E-state index contributed by atoms with van der Waals surface area (Å²) in [6.45, 7) is 6.58. The molecule has 19 heavy (non-hydrogen) atoms. The highest BCUT2D eigenvalue weighted by molar-refractivity contribution is 9.10. The molecule has 1 aromatic carbocycles. The molecule has 0 bridgehead atoms. The van der Waals surface area contributed by atoms with Crippen molar-refractivity contribution in [2.24, 2.45) is 0 Å². The van der Waals surface area contributed by atoms with Crippen LogP contribution in [0.1, 0.15) is 34.3 Å². The topological polar surface area (TPSA) is 29.5 Å². The molecule has 0 spiro atoms. The molecule has 1 aromatic rings. The molecule has 102 valence electrons. The van der Waals surface area contributed by atoms with Gasteiger partial charge in [-0.2, -0.15) is 0 Å². The molecule has 1 atom stereocenters. The molecule has 1 saturated heterocycles. The summed E-state index contributed by atoms with van der Waals surface area (Å²) in [5.74, 6) is 0.994. The minimum atomic E-state index is -0.0935. The second-order valence-electron chi connectivity index (χ2n) is 5.42. The molecule has 4 heteroatoms. The van der Waals surface area contributed by atoms with Crippen LogP contribution in [0, 0.1) is 13.8 Å². The van der Waals surface area contributed by atoms with Gasteiger partial charge in [0, 0.05) is 4.47 Å². The van der Waals surface area contributed by atoms with Crippen LogP contribution in [0.15, 0.2) is 10.5 Å². The summed E-state index contributed by atoms with van der Waals surface area (Å²) < 4.78 is 6.89. The molecule has 0 radical (unpaired) electrons. The Morgan fingerprint density at radius 3 is 2.63 bits per heavy atom. The van der Waals surface area contributed by atoms with Crippen LogP contribution in [0.5, 0.6) is 5.75 Å². The Bertz CT molecular complexity index is 535. The van der Waals surface area contributed by atoms with Crippen molar-refractivity contribution in [1.29, 1.82) is 0 Å². The Labute approximate surface area is 122 Å². The van der Waals surface area contributed by atoms with Crippen LogP contribution in [0.2, 0.25) is 0 Å². The van der Waals surface area contributed by atoms with Crippen molar-refractivity contribution < 1.29 is 9.53 Å². The first kappa shape index (κ1) is 13.1. The molecule has 3 nitrogen and oxygen atoms in total. The van der Waals surface area contributed by atoms with Gasteiger partial charge in [-0.15, -0.1) is 0 Å². The van der Waals surface area contributed by atoms with Crippen LogP contribution in [-0.2, 0) is 0 Å². The van der Waals surface area contributed by atoms with Gasteiger partial charge in [-0.1, -0.05) is 15.9 Å². The molecule has 1 fully saturated rings. The Morgan fingerprint density at radius 1 is 1.26 bits per heavy atom. The first-order valence-corrected chi connectivity index (χ1v) is 7.59. The van der Waals surface area contributed by atoms with E-state index in [1.165, 1.54) is 12.8 Å². The summed E-state index contributed by atoms with van der Waals surface area (Å²) in [5, 5.41) is 0. The SMILES string of the molecule is Cc1c(Br)cc2c(c1C)OCC(N1CCCC1)C2=O. The molecule has 1 unspecified atom stereocenters. The molecule has 0 amide bonds. The molecule has 0 N–H and O–H groups in total. The van der Waals surface area contributed by atoms with E-state index in [1.807, 2.05) is 19.9 Å². The first-order chi connectivity index (χ1) is 9.09. The van der Waals surface area contributed by atoms with Gasteiger partial charge in [0.2, 0.25) is 0 Å². The monoisotopic (exact) mass is 323 g/mol. The van der Waals surface area contributed by atoms with E-state index in [2.05, 4.69) is 20.8 Å². The lowest BCUT2D eigenvalue weighted by molar-refractivity contribution is 0.0717. The smallest absolute Gasteiger partial charge is 0.187 e. The number of Topliss-reactive ketones (excluding diaryl/α,β-unsaturated/α-hetero) is 1. The van der Waals surface area contributed by atoms with Gasteiger partial charge in [-0.25, -0.2) is 0 Å². The highest BCUT2D eigenvalue weighted by Gasteiger charge is 2.35. The van der Waals surface area contributed by atoms with Gasteiger partial charge >= 0.3 is 0 Å². The predicted molar refractivity (Wildman–Crippen MR) is 78.0 cm³/mol. The Hall–Kier alpha value is -0.870. The summed E-state index contributed by atoms with van der Waals surface area (Å²) in [5.41, 5.74) is 2.95. The number of rotatable bonds is 1. The molecule has 3 rings (SSSR count). The fourth-order valence-corrected chi connectivity index (χ4v) is 3.49. The second-order valence-corrected chi connectivity index (χ2v) is 6.27. The Kier molecular flexibility index (Phi) is 3.39. The van der Waals surface area contributed by atoms with Crippen LogP contribution in [0.4, 0.5) is 0 Å². The van der Waals surface area contributed by atoms with Gasteiger partial charge in [0.05, 0.1) is 5.56 Å². The summed E-state index contributed by atoms with van der Waals surface area (Å²) >= 11 is 3.53. The molecular formula is C15H18BrNO2. The number of hydrogen-bond acceptors (Lipinski definition) is 3. The van der Waals surface area contributed by atoms with Crippen molar-refractivity contribution in [3.8, 4) is 5.75 Å². The zero-order chi connectivity index (χ0) is 13.6. The molecule has 2 heterocycles. The largest absolute Gasteiger partial charge is 0.490 e. The standard InChI is InChI=1S/C15H18BrNO2/c1-9-10(2)15-11(7-12(9)16)14(18)13(8-19-15)17-5-3-4-6-17/h7,13H,3-6,8H2,1-2H3. The van der Waals surface area contributed by atoms with Crippen molar-refractivity contribution in [1.82, 2.24) is 4.90 Å². The summed E-state index contributed by atoms with van der Waals surface area (Å²) in [6, 6.07) is 1.83. The van der Waals surface area contributed by atoms with Crippen LogP contribution >= 0.6 is 15.9 Å². The van der Waals surface area contributed by atoms with E-state index in [9.17, 15) is 4.79 Å². The average Bonchev–Trinajstić information content (AvgIpc) is 2.91. The number of carbonyl (C=O) groups excluding carboxylic acids is 1. The molecule has 0 aromatic heterocycles. The number of halogens is 1. The van der Waals surface area contributed by atoms with E-state index in [0.29, 0.717) is 6.61 Å². The third kappa shape index (κ3) is 2.11. The number of hydrogen-bond donors (Lipinski definition) is 0. The maximum Gasteiger partial charge on any atom is 0.187 e. The van der Waals surface area contributed by atoms with E-state index in [0.717, 1.165) is 40.0 Å². The van der Waals surface area contributed by atoms with Gasteiger partial charge in [0.15, 0.2) is 5.78 Å². The van der Waals surface area contributed by atoms with Gasteiger partial charge in [-0.3, -0.25) is 9.69 Å². The van der Waals surface area contributed by atoms with Crippen LogP contribution in [-0.4, -0.2) is 36.4 Å².